The van der Waals surface area contributed by atoms with E-state index in [1.54, 1.807) is 24.5 Å². The molecule has 0 saturated carbocycles. The lowest BCUT2D eigenvalue weighted by molar-refractivity contribution is 0.198. The predicted molar refractivity (Wildman–Crippen MR) is 109 cm³/mol. The molecule has 5 nitrogen and oxygen atoms in total. The fourth-order valence-electron chi connectivity index (χ4n) is 3.29. The molecule has 0 atom stereocenters. The summed E-state index contributed by atoms with van der Waals surface area (Å²) >= 11 is 1.69. The zero-order valence-electron chi connectivity index (χ0n) is 16.3. The van der Waals surface area contributed by atoms with Crippen LogP contribution in [-0.2, 0) is 19.5 Å². The molecule has 1 saturated heterocycles. The molecule has 0 unspecified atom stereocenters. The third kappa shape index (κ3) is 5.72. The lowest BCUT2D eigenvalue weighted by atomic mass is 10.0. The molecule has 0 aliphatic carbocycles. The SMILES string of the molecule is CCc1nc(CNC(=NC)NC2CCN(Cc3ccc(F)c(F)c3)CC2)cs1. The van der Waals surface area contributed by atoms with Crippen LogP contribution in [0.1, 0.15) is 36.0 Å². The van der Waals surface area contributed by atoms with Gasteiger partial charge >= 0.3 is 0 Å². The highest BCUT2D eigenvalue weighted by atomic mass is 32.1. The third-order valence-electron chi connectivity index (χ3n) is 4.88. The van der Waals surface area contributed by atoms with Crippen LogP contribution in [0.25, 0.3) is 0 Å². The molecule has 3 rings (SSSR count). The lowest BCUT2D eigenvalue weighted by Crippen LogP contribution is -2.48. The minimum absolute atomic E-state index is 0.342. The molecule has 28 heavy (non-hydrogen) atoms. The van der Waals surface area contributed by atoms with E-state index < -0.39 is 11.6 Å². The number of hydrogen-bond donors (Lipinski definition) is 2. The van der Waals surface area contributed by atoms with Crippen molar-refractivity contribution in [2.75, 3.05) is 20.1 Å². The van der Waals surface area contributed by atoms with Crippen LogP contribution in [-0.4, -0.2) is 42.0 Å². The Bertz CT molecular complexity index is 800. The number of rotatable bonds is 6. The Kier molecular flexibility index (Phi) is 7.33. The summed E-state index contributed by atoms with van der Waals surface area (Å²) < 4.78 is 26.4. The number of halogens is 2. The van der Waals surface area contributed by atoms with E-state index >= 15 is 0 Å². The van der Waals surface area contributed by atoms with E-state index in [1.165, 1.54) is 12.1 Å². The summed E-state index contributed by atoms with van der Waals surface area (Å²) in [5, 5.41) is 10.0. The van der Waals surface area contributed by atoms with Gasteiger partial charge in [-0.05, 0) is 37.0 Å². The quantitative estimate of drug-likeness (QED) is 0.570. The van der Waals surface area contributed by atoms with Crippen molar-refractivity contribution in [1.29, 1.82) is 0 Å². The molecule has 0 bridgehead atoms. The van der Waals surface area contributed by atoms with Gasteiger partial charge in [0, 0.05) is 38.1 Å². The summed E-state index contributed by atoms with van der Waals surface area (Å²) in [6.45, 7) is 5.21. The van der Waals surface area contributed by atoms with Crippen LogP contribution in [0, 0.1) is 11.6 Å². The number of aliphatic imine (C=N–C) groups is 1. The van der Waals surface area contributed by atoms with Crippen molar-refractivity contribution in [3.8, 4) is 0 Å². The smallest absolute Gasteiger partial charge is 0.191 e. The maximum atomic E-state index is 13.4. The fraction of sp³-hybridized carbons (Fsp3) is 0.500. The number of nitrogens with one attached hydrogen (secondary N) is 2. The van der Waals surface area contributed by atoms with Gasteiger partial charge in [-0.3, -0.25) is 9.89 Å². The monoisotopic (exact) mass is 407 g/mol. The number of guanidine groups is 1. The van der Waals surface area contributed by atoms with E-state index in [1.807, 2.05) is 0 Å². The number of aryl methyl sites for hydroxylation is 1. The zero-order valence-corrected chi connectivity index (χ0v) is 17.2. The summed E-state index contributed by atoms with van der Waals surface area (Å²) in [7, 11) is 1.77. The largest absolute Gasteiger partial charge is 0.354 e. The third-order valence-corrected chi connectivity index (χ3v) is 5.92. The highest BCUT2D eigenvalue weighted by Crippen LogP contribution is 2.16. The van der Waals surface area contributed by atoms with E-state index in [-0.39, 0.29) is 0 Å². The number of aromatic nitrogens is 1. The number of piperidine rings is 1. The highest BCUT2D eigenvalue weighted by Gasteiger charge is 2.20. The van der Waals surface area contributed by atoms with Crippen molar-refractivity contribution >= 4 is 17.3 Å². The van der Waals surface area contributed by atoms with Crippen LogP contribution < -0.4 is 10.6 Å². The van der Waals surface area contributed by atoms with Crippen LogP contribution in [0.5, 0.6) is 0 Å². The molecule has 0 spiro atoms. The zero-order chi connectivity index (χ0) is 19.9. The van der Waals surface area contributed by atoms with Crippen LogP contribution in [0.4, 0.5) is 8.78 Å². The van der Waals surface area contributed by atoms with Gasteiger partial charge in [0.1, 0.15) is 0 Å². The number of thiazole rings is 1. The Morgan fingerprint density at radius 1 is 1.29 bits per heavy atom. The summed E-state index contributed by atoms with van der Waals surface area (Å²) in [5.41, 5.74) is 1.84. The summed E-state index contributed by atoms with van der Waals surface area (Å²) in [5.74, 6) is -0.797. The molecular weight excluding hydrogens is 380 g/mol. The Morgan fingerprint density at radius 3 is 2.71 bits per heavy atom. The second-order valence-electron chi connectivity index (χ2n) is 6.96. The molecule has 1 aromatic carbocycles. The van der Waals surface area contributed by atoms with Gasteiger partial charge in [-0.25, -0.2) is 13.8 Å². The number of hydrogen-bond acceptors (Lipinski definition) is 4. The van der Waals surface area contributed by atoms with Crippen molar-refractivity contribution in [3.05, 3.63) is 51.5 Å². The first-order valence-electron chi connectivity index (χ1n) is 9.64. The highest BCUT2D eigenvalue weighted by molar-refractivity contribution is 7.09. The molecule has 1 aromatic heterocycles. The van der Waals surface area contributed by atoms with Gasteiger partial charge in [0.2, 0.25) is 0 Å². The molecule has 0 radical (unpaired) electrons. The average Bonchev–Trinajstić information content (AvgIpc) is 3.17. The summed E-state index contributed by atoms with van der Waals surface area (Å²) in [6.07, 6.45) is 2.91. The first-order chi connectivity index (χ1) is 13.6. The average molecular weight is 408 g/mol. The van der Waals surface area contributed by atoms with Gasteiger partial charge in [0.05, 0.1) is 17.2 Å². The van der Waals surface area contributed by atoms with Crippen LogP contribution in [0.2, 0.25) is 0 Å². The van der Waals surface area contributed by atoms with Crippen molar-refractivity contribution in [2.24, 2.45) is 4.99 Å². The van der Waals surface area contributed by atoms with E-state index in [0.717, 1.165) is 54.6 Å². The van der Waals surface area contributed by atoms with E-state index in [9.17, 15) is 8.78 Å². The molecular formula is C20H27F2N5S. The van der Waals surface area contributed by atoms with Crippen molar-refractivity contribution < 1.29 is 8.78 Å². The minimum atomic E-state index is -0.797. The number of likely N-dealkylation sites (tertiary alicyclic amines) is 1. The molecule has 0 amide bonds. The first kappa shape index (κ1) is 20.7. The fourth-order valence-corrected chi connectivity index (χ4v) is 4.03. The van der Waals surface area contributed by atoms with Crippen LogP contribution in [0.15, 0.2) is 28.6 Å². The normalized spacial score (nSPS) is 16.4. The first-order valence-corrected chi connectivity index (χ1v) is 10.5. The Labute approximate surface area is 168 Å². The molecule has 8 heteroatoms. The van der Waals surface area contributed by atoms with Gasteiger partial charge in [-0.15, -0.1) is 11.3 Å². The topological polar surface area (TPSA) is 52.6 Å². The van der Waals surface area contributed by atoms with Crippen molar-refractivity contribution in [1.82, 2.24) is 20.5 Å². The summed E-state index contributed by atoms with van der Waals surface area (Å²) in [6, 6.07) is 4.47. The Hall–Kier alpha value is -2.06. The number of nitrogens with zero attached hydrogens (tertiary/aromatic N) is 3. The van der Waals surface area contributed by atoms with E-state index in [0.29, 0.717) is 19.1 Å². The second kappa shape index (κ2) is 9.93. The second-order valence-corrected chi connectivity index (χ2v) is 7.90. The maximum Gasteiger partial charge on any atom is 0.191 e. The Morgan fingerprint density at radius 2 is 2.07 bits per heavy atom. The van der Waals surface area contributed by atoms with Crippen molar-refractivity contribution in [2.45, 2.75) is 45.3 Å². The van der Waals surface area contributed by atoms with Crippen molar-refractivity contribution in [3.63, 3.8) is 0 Å². The lowest BCUT2D eigenvalue weighted by Gasteiger charge is -2.33. The van der Waals surface area contributed by atoms with Gasteiger partial charge in [0.25, 0.3) is 0 Å². The van der Waals surface area contributed by atoms with E-state index in [2.05, 4.69) is 37.8 Å². The summed E-state index contributed by atoms with van der Waals surface area (Å²) in [4.78, 5) is 11.1. The molecule has 2 aromatic rings. The van der Waals surface area contributed by atoms with Crippen LogP contribution >= 0.6 is 11.3 Å². The molecule has 1 aliphatic heterocycles. The van der Waals surface area contributed by atoms with Gasteiger partial charge in [-0.1, -0.05) is 13.0 Å². The van der Waals surface area contributed by atoms with Crippen LogP contribution in [0.3, 0.4) is 0 Å². The maximum absolute atomic E-state index is 13.4. The minimum Gasteiger partial charge on any atom is -0.354 e. The Balaban J connectivity index is 1.42. The van der Waals surface area contributed by atoms with Gasteiger partial charge in [-0.2, -0.15) is 0 Å². The molecule has 1 fully saturated rings. The molecule has 1 aliphatic rings. The molecule has 152 valence electrons. The number of benzene rings is 1. The van der Waals surface area contributed by atoms with Gasteiger partial charge < -0.3 is 10.6 Å². The predicted octanol–water partition coefficient (Wildman–Crippen LogP) is 3.31. The molecule has 2 heterocycles. The molecule has 2 N–H and O–H groups in total. The van der Waals surface area contributed by atoms with E-state index in [4.69, 9.17) is 0 Å². The van der Waals surface area contributed by atoms with Gasteiger partial charge in [0.15, 0.2) is 17.6 Å². The standard InChI is InChI=1S/C20H27F2N5S/c1-3-19-25-16(13-28-19)11-24-20(23-2)26-15-6-8-27(9-7-15)12-14-4-5-17(21)18(22)10-14/h4-5,10,13,15H,3,6-9,11-12H2,1-2H3,(H2,23,24,26).